The van der Waals surface area contributed by atoms with Crippen molar-refractivity contribution in [3.05, 3.63) is 11.9 Å². The molecule has 4 nitrogen and oxygen atoms in total. The minimum Gasteiger partial charge on any atom is -0.477 e. The summed E-state index contributed by atoms with van der Waals surface area (Å²) in [6.07, 6.45) is 2.37. The predicted molar refractivity (Wildman–Crippen MR) is 47.0 cm³/mol. The summed E-state index contributed by atoms with van der Waals surface area (Å²) in [5.41, 5.74) is 6.37. The molecule has 0 fully saturated rings. The Kier molecular flexibility index (Phi) is 2.85. The highest BCUT2D eigenvalue weighted by Crippen LogP contribution is 2.17. The fraction of sp³-hybridized carbons (Fsp3) is 0.500. The summed E-state index contributed by atoms with van der Waals surface area (Å²) >= 11 is 0. The van der Waals surface area contributed by atoms with Crippen LogP contribution in [0.25, 0.3) is 0 Å². The van der Waals surface area contributed by atoms with Crippen LogP contribution in [0.1, 0.15) is 18.9 Å². The molecule has 0 spiro atoms. The minimum atomic E-state index is 0.483. The number of anilines is 1. The number of hydrogen-bond acceptors (Lipinski definition) is 4. The molecule has 1 rings (SSSR count). The van der Waals surface area contributed by atoms with E-state index in [1.165, 1.54) is 6.33 Å². The molecule has 4 heteroatoms. The van der Waals surface area contributed by atoms with Crippen molar-refractivity contribution in [3.63, 3.8) is 0 Å². The Hall–Kier alpha value is -1.32. The molecule has 0 amide bonds. The molecule has 0 bridgehead atoms. The van der Waals surface area contributed by atoms with Crippen molar-refractivity contribution in [2.75, 3.05) is 12.3 Å². The number of nitrogen functional groups attached to an aromatic ring is 1. The molecule has 2 N–H and O–H groups in total. The molecule has 0 aromatic carbocycles. The Morgan fingerprint density at radius 1 is 1.50 bits per heavy atom. The molecule has 1 aromatic heterocycles. The molecule has 0 aliphatic rings. The van der Waals surface area contributed by atoms with Gasteiger partial charge in [0.05, 0.1) is 12.2 Å². The molecule has 66 valence electrons. The molecule has 0 saturated heterocycles. The zero-order valence-electron chi connectivity index (χ0n) is 7.37. The van der Waals surface area contributed by atoms with E-state index in [1.807, 2.05) is 13.8 Å². The van der Waals surface area contributed by atoms with E-state index in [9.17, 15) is 0 Å². The van der Waals surface area contributed by atoms with Crippen LogP contribution in [0.5, 0.6) is 5.88 Å². The van der Waals surface area contributed by atoms with Gasteiger partial charge in [-0.2, -0.15) is 0 Å². The second-order valence-corrected chi connectivity index (χ2v) is 2.54. The molecule has 1 aromatic rings. The molecule has 0 atom stereocenters. The SMILES string of the molecule is CCCOc1ncnc(N)c1C. The van der Waals surface area contributed by atoms with Crippen molar-refractivity contribution < 1.29 is 4.74 Å². The largest absolute Gasteiger partial charge is 0.477 e. The van der Waals surface area contributed by atoms with Crippen molar-refractivity contribution in [3.8, 4) is 5.88 Å². The van der Waals surface area contributed by atoms with Gasteiger partial charge in [0.15, 0.2) is 0 Å². The van der Waals surface area contributed by atoms with Crippen LogP contribution in [-0.2, 0) is 0 Å². The third kappa shape index (κ3) is 1.84. The van der Waals surface area contributed by atoms with E-state index in [-0.39, 0.29) is 0 Å². The second-order valence-electron chi connectivity index (χ2n) is 2.54. The van der Waals surface area contributed by atoms with Gasteiger partial charge in [0, 0.05) is 0 Å². The Labute approximate surface area is 71.8 Å². The van der Waals surface area contributed by atoms with Crippen LogP contribution in [-0.4, -0.2) is 16.6 Å². The standard InChI is InChI=1S/C8H13N3O/c1-3-4-12-8-6(2)7(9)10-5-11-8/h5H,3-4H2,1-2H3,(H2,9,10,11). The van der Waals surface area contributed by atoms with Gasteiger partial charge in [0.1, 0.15) is 12.1 Å². The van der Waals surface area contributed by atoms with Gasteiger partial charge in [0.25, 0.3) is 0 Å². The zero-order valence-corrected chi connectivity index (χ0v) is 7.37. The summed E-state index contributed by atoms with van der Waals surface area (Å²) in [7, 11) is 0. The summed E-state index contributed by atoms with van der Waals surface area (Å²) in [5.74, 6) is 1.07. The van der Waals surface area contributed by atoms with Crippen molar-refractivity contribution in [2.24, 2.45) is 0 Å². The van der Waals surface area contributed by atoms with E-state index < -0.39 is 0 Å². The summed E-state index contributed by atoms with van der Waals surface area (Å²) in [6.45, 7) is 4.55. The van der Waals surface area contributed by atoms with Crippen LogP contribution in [0, 0.1) is 6.92 Å². The smallest absolute Gasteiger partial charge is 0.221 e. The van der Waals surface area contributed by atoms with Crippen LogP contribution in [0.2, 0.25) is 0 Å². The number of nitrogens with zero attached hydrogens (tertiary/aromatic N) is 2. The maximum Gasteiger partial charge on any atom is 0.221 e. The lowest BCUT2D eigenvalue weighted by Crippen LogP contribution is -2.03. The van der Waals surface area contributed by atoms with Gasteiger partial charge in [-0.25, -0.2) is 9.97 Å². The molecule has 0 saturated carbocycles. The quantitative estimate of drug-likeness (QED) is 0.733. The van der Waals surface area contributed by atoms with Crippen LogP contribution >= 0.6 is 0 Å². The van der Waals surface area contributed by atoms with Gasteiger partial charge in [-0.15, -0.1) is 0 Å². The van der Waals surface area contributed by atoms with Gasteiger partial charge < -0.3 is 10.5 Å². The summed E-state index contributed by atoms with van der Waals surface area (Å²) in [4.78, 5) is 7.80. The first kappa shape index (κ1) is 8.77. The van der Waals surface area contributed by atoms with Crippen LogP contribution in [0.4, 0.5) is 5.82 Å². The Morgan fingerprint density at radius 3 is 2.92 bits per heavy atom. The topological polar surface area (TPSA) is 61.0 Å². The van der Waals surface area contributed by atoms with Gasteiger partial charge in [-0.3, -0.25) is 0 Å². The van der Waals surface area contributed by atoms with Gasteiger partial charge in [0.2, 0.25) is 5.88 Å². The second kappa shape index (κ2) is 3.90. The van der Waals surface area contributed by atoms with E-state index in [0.29, 0.717) is 18.3 Å². The zero-order chi connectivity index (χ0) is 8.97. The van der Waals surface area contributed by atoms with E-state index in [1.54, 1.807) is 0 Å². The van der Waals surface area contributed by atoms with E-state index in [2.05, 4.69) is 9.97 Å². The predicted octanol–water partition coefficient (Wildman–Crippen LogP) is 1.16. The molecule has 12 heavy (non-hydrogen) atoms. The molecule has 0 aliphatic carbocycles. The average molecular weight is 167 g/mol. The van der Waals surface area contributed by atoms with Crippen molar-refractivity contribution >= 4 is 5.82 Å². The first-order valence-electron chi connectivity index (χ1n) is 3.95. The lowest BCUT2D eigenvalue weighted by molar-refractivity contribution is 0.302. The molecule has 0 aliphatic heterocycles. The Bertz CT molecular complexity index is 262. The summed E-state index contributed by atoms with van der Waals surface area (Å²) < 4.78 is 5.34. The molecule has 0 radical (unpaired) electrons. The molecule has 1 heterocycles. The van der Waals surface area contributed by atoms with E-state index in [4.69, 9.17) is 10.5 Å². The fourth-order valence-electron chi connectivity index (χ4n) is 0.791. The normalized spacial score (nSPS) is 9.83. The van der Waals surface area contributed by atoms with Crippen LogP contribution in [0.3, 0.4) is 0 Å². The highest BCUT2D eigenvalue weighted by Gasteiger charge is 2.03. The van der Waals surface area contributed by atoms with Gasteiger partial charge >= 0.3 is 0 Å². The van der Waals surface area contributed by atoms with Crippen molar-refractivity contribution in [1.82, 2.24) is 9.97 Å². The van der Waals surface area contributed by atoms with E-state index >= 15 is 0 Å². The highest BCUT2D eigenvalue weighted by molar-refractivity contribution is 5.42. The third-order valence-electron chi connectivity index (χ3n) is 1.52. The van der Waals surface area contributed by atoms with Crippen molar-refractivity contribution in [1.29, 1.82) is 0 Å². The summed E-state index contributed by atoms with van der Waals surface area (Å²) in [5, 5.41) is 0. The third-order valence-corrected chi connectivity index (χ3v) is 1.52. The molecular weight excluding hydrogens is 154 g/mol. The average Bonchev–Trinajstić information content (AvgIpc) is 2.08. The first-order valence-corrected chi connectivity index (χ1v) is 3.95. The van der Waals surface area contributed by atoms with Crippen LogP contribution < -0.4 is 10.5 Å². The first-order chi connectivity index (χ1) is 5.75. The minimum absolute atomic E-state index is 0.483. The summed E-state index contributed by atoms with van der Waals surface area (Å²) in [6, 6.07) is 0. The lowest BCUT2D eigenvalue weighted by Gasteiger charge is -2.06. The Morgan fingerprint density at radius 2 is 2.25 bits per heavy atom. The van der Waals surface area contributed by atoms with Crippen LogP contribution in [0.15, 0.2) is 6.33 Å². The van der Waals surface area contributed by atoms with Gasteiger partial charge in [-0.05, 0) is 13.3 Å². The fourth-order valence-corrected chi connectivity index (χ4v) is 0.791. The molecule has 0 unspecified atom stereocenters. The lowest BCUT2D eigenvalue weighted by atomic mass is 10.3. The van der Waals surface area contributed by atoms with E-state index in [0.717, 1.165) is 12.0 Å². The number of aromatic nitrogens is 2. The monoisotopic (exact) mass is 167 g/mol. The van der Waals surface area contributed by atoms with Crippen molar-refractivity contribution in [2.45, 2.75) is 20.3 Å². The molecular formula is C8H13N3O. The highest BCUT2D eigenvalue weighted by atomic mass is 16.5. The van der Waals surface area contributed by atoms with Gasteiger partial charge in [-0.1, -0.05) is 6.92 Å². The Balaban J connectivity index is 2.78. The number of hydrogen-bond donors (Lipinski definition) is 1. The number of ether oxygens (including phenoxy) is 1. The maximum absolute atomic E-state index is 5.56. The number of nitrogens with two attached hydrogens (primary N) is 1. The maximum atomic E-state index is 5.56. The number of rotatable bonds is 3.